The van der Waals surface area contributed by atoms with Crippen molar-refractivity contribution in [3.63, 3.8) is 0 Å². The highest BCUT2D eigenvalue weighted by Crippen LogP contribution is 2.32. The molecule has 5 nitrogen and oxygen atoms in total. The summed E-state index contributed by atoms with van der Waals surface area (Å²) in [5, 5.41) is 12.0. The molecule has 14 heavy (non-hydrogen) atoms. The highest BCUT2D eigenvalue weighted by atomic mass is 16.4. The van der Waals surface area contributed by atoms with E-state index in [1.807, 2.05) is 0 Å². The quantitative estimate of drug-likeness (QED) is 0.571. The largest absolute Gasteiger partial charge is 0.465 e. The molecule has 0 aromatic rings. The number of amides is 1. The molecule has 0 aromatic heterocycles. The molecular weight excluding hydrogens is 184 g/mol. The van der Waals surface area contributed by atoms with E-state index < -0.39 is 11.5 Å². The maximum absolute atomic E-state index is 11.7. The normalized spacial score (nSPS) is 32.6. The van der Waals surface area contributed by atoms with Crippen LogP contribution in [-0.2, 0) is 4.79 Å². The minimum absolute atomic E-state index is 0.222. The van der Waals surface area contributed by atoms with Crippen LogP contribution in [0.2, 0.25) is 0 Å². The number of rotatable bonds is 0. The van der Waals surface area contributed by atoms with Crippen molar-refractivity contribution in [1.82, 2.24) is 10.2 Å². The first-order chi connectivity index (χ1) is 6.64. The SMILES string of the molecule is O=C(O)N1CCC(=O)C2(CCNC2)C1. The fourth-order valence-corrected chi connectivity index (χ4v) is 2.31. The number of carbonyl (C=O) groups is 2. The molecule has 1 atom stereocenters. The third kappa shape index (κ3) is 1.37. The van der Waals surface area contributed by atoms with Gasteiger partial charge < -0.3 is 15.3 Å². The standard InChI is InChI=1S/C9H14N2O3/c12-7-1-4-11(8(13)14)6-9(7)2-3-10-5-9/h10H,1-6H2,(H,13,14). The number of piperidine rings is 1. The lowest BCUT2D eigenvalue weighted by Crippen LogP contribution is -2.52. The van der Waals surface area contributed by atoms with Crippen molar-refractivity contribution in [1.29, 1.82) is 0 Å². The van der Waals surface area contributed by atoms with E-state index in [0.29, 0.717) is 26.1 Å². The maximum atomic E-state index is 11.7. The summed E-state index contributed by atoms with van der Waals surface area (Å²) >= 11 is 0. The Morgan fingerprint density at radius 2 is 2.36 bits per heavy atom. The molecule has 0 bridgehead atoms. The van der Waals surface area contributed by atoms with Gasteiger partial charge in [-0.3, -0.25) is 4.79 Å². The summed E-state index contributed by atoms with van der Waals surface area (Å²) in [4.78, 5) is 23.9. The van der Waals surface area contributed by atoms with Gasteiger partial charge in [-0.25, -0.2) is 4.79 Å². The van der Waals surface area contributed by atoms with E-state index in [-0.39, 0.29) is 5.78 Å². The number of carbonyl (C=O) groups excluding carboxylic acids is 1. The summed E-state index contributed by atoms with van der Waals surface area (Å²) in [7, 11) is 0. The molecule has 1 amide bonds. The van der Waals surface area contributed by atoms with Crippen LogP contribution in [0.5, 0.6) is 0 Å². The van der Waals surface area contributed by atoms with Crippen molar-refractivity contribution in [3.8, 4) is 0 Å². The summed E-state index contributed by atoms with van der Waals surface area (Å²) in [5.74, 6) is 0.222. The summed E-state index contributed by atoms with van der Waals surface area (Å²) in [5.41, 5.74) is -0.420. The van der Waals surface area contributed by atoms with Crippen LogP contribution in [0.4, 0.5) is 4.79 Å². The fraction of sp³-hybridized carbons (Fsp3) is 0.778. The molecule has 2 aliphatic heterocycles. The number of nitrogens with one attached hydrogen (secondary N) is 1. The molecular formula is C9H14N2O3. The molecule has 1 unspecified atom stereocenters. The molecule has 5 heteroatoms. The van der Waals surface area contributed by atoms with Crippen molar-refractivity contribution < 1.29 is 14.7 Å². The Hall–Kier alpha value is -1.10. The van der Waals surface area contributed by atoms with Gasteiger partial charge in [0.15, 0.2) is 0 Å². The molecule has 2 fully saturated rings. The van der Waals surface area contributed by atoms with Gasteiger partial charge in [-0.15, -0.1) is 0 Å². The number of nitrogens with zero attached hydrogens (tertiary/aromatic N) is 1. The number of Topliss-reactive ketones (excluding diaryl/α,β-unsaturated/α-hetero) is 1. The summed E-state index contributed by atoms with van der Waals surface area (Å²) in [6.07, 6.45) is 0.229. The Morgan fingerprint density at radius 3 is 2.93 bits per heavy atom. The second kappa shape index (κ2) is 3.24. The van der Waals surface area contributed by atoms with Crippen molar-refractivity contribution in [2.24, 2.45) is 5.41 Å². The first kappa shape index (κ1) is 9.45. The Balaban J connectivity index is 2.14. The van der Waals surface area contributed by atoms with Crippen molar-refractivity contribution in [2.45, 2.75) is 12.8 Å². The van der Waals surface area contributed by atoms with Crippen LogP contribution in [-0.4, -0.2) is 48.1 Å². The van der Waals surface area contributed by atoms with Crippen LogP contribution in [0.1, 0.15) is 12.8 Å². The van der Waals surface area contributed by atoms with Crippen LogP contribution >= 0.6 is 0 Å². The second-order valence-corrected chi connectivity index (χ2v) is 4.08. The zero-order chi connectivity index (χ0) is 10.2. The lowest BCUT2D eigenvalue weighted by atomic mass is 9.78. The molecule has 0 radical (unpaired) electrons. The Labute approximate surface area is 82.1 Å². The highest BCUT2D eigenvalue weighted by Gasteiger charge is 2.45. The van der Waals surface area contributed by atoms with Gasteiger partial charge in [-0.05, 0) is 13.0 Å². The molecule has 2 N–H and O–H groups in total. The molecule has 0 aliphatic carbocycles. The Morgan fingerprint density at radius 1 is 1.57 bits per heavy atom. The lowest BCUT2D eigenvalue weighted by molar-refractivity contribution is -0.131. The summed E-state index contributed by atoms with van der Waals surface area (Å²) in [6.45, 7) is 2.18. The Kier molecular flexibility index (Phi) is 2.19. The third-order valence-corrected chi connectivity index (χ3v) is 3.21. The molecule has 2 saturated heterocycles. The van der Waals surface area contributed by atoms with Crippen LogP contribution < -0.4 is 5.32 Å². The van der Waals surface area contributed by atoms with Crippen molar-refractivity contribution >= 4 is 11.9 Å². The van der Waals surface area contributed by atoms with Gasteiger partial charge >= 0.3 is 6.09 Å². The van der Waals surface area contributed by atoms with E-state index in [9.17, 15) is 9.59 Å². The van der Waals surface area contributed by atoms with E-state index in [0.717, 1.165) is 13.0 Å². The van der Waals surface area contributed by atoms with Gasteiger partial charge in [0.1, 0.15) is 5.78 Å². The predicted molar refractivity (Wildman–Crippen MR) is 49.1 cm³/mol. The number of likely N-dealkylation sites (tertiary alicyclic amines) is 1. The highest BCUT2D eigenvalue weighted by molar-refractivity contribution is 5.88. The Bertz CT molecular complexity index is 271. The van der Waals surface area contributed by atoms with Gasteiger partial charge in [0, 0.05) is 26.1 Å². The second-order valence-electron chi connectivity index (χ2n) is 4.08. The van der Waals surface area contributed by atoms with E-state index in [2.05, 4.69) is 5.32 Å². The molecule has 0 aromatic carbocycles. The zero-order valence-corrected chi connectivity index (χ0v) is 7.95. The summed E-state index contributed by atoms with van der Waals surface area (Å²) < 4.78 is 0. The van der Waals surface area contributed by atoms with Crippen LogP contribution in [0, 0.1) is 5.41 Å². The molecule has 0 saturated carbocycles. The zero-order valence-electron chi connectivity index (χ0n) is 7.95. The van der Waals surface area contributed by atoms with Gasteiger partial charge in [0.25, 0.3) is 0 Å². The van der Waals surface area contributed by atoms with E-state index in [4.69, 9.17) is 5.11 Å². The number of carboxylic acid groups (broad SMARTS) is 1. The molecule has 78 valence electrons. The first-order valence-corrected chi connectivity index (χ1v) is 4.86. The predicted octanol–water partition coefficient (Wildman–Crippen LogP) is -0.0811. The van der Waals surface area contributed by atoms with Crippen LogP contribution in [0.25, 0.3) is 0 Å². The number of hydrogen-bond acceptors (Lipinski definition) is 3. The molecule has 2 aliphatic rings. The monoisotopic (exact) mass is 198 g/mol. The molecule has 2 heterocycles. The molecule has 2 rings (SSSR count). The van der Waals surface area contributed by atoms with E-state index in [1.165, 1.54) is 4.90 Å². The average Bonchev–Trinajstić information content (AvgIpc) is 2.59. The van der Waals surface area contributed by atoms with Crippen molar-refractivity contribution in [2.75, 3.05) is 26.2 Å². The van der Waals surface area contributed by atoms with Crippen molar-refractivity contribution in [3.05, 3.63) is 0 Å². The summed E-state index contributed by atoms with van der Waals surface area (Å²) in [6, 6.07) is 0. The van der Waals surface area contributed by atoms with Crippen LogP contribution in [0.3, 0.4) is 0 Å². The van der Waals surface area contributed by atoms with Gasteiger partial charge in [-0.2, -0.15) is 0 Å². The molecule has 1 spiro atoms. The minimum atomic E-state index is -0.913. The van der Waals surface area contributed by atoms with Gasteiger partial charge in [0.05, 0.1) is 5.41 Å². The maximum Gasteiger partial charge on any atom is 0.407 e. The minimum Gasteiger partial charge on any atom is -0.465 e. The first-order valence-electron chi connectivity index (χ1n) is 4.86. The lowest BCUT2D eigenvalue weighted by Gasteiger charge is -2.37. The van der Waals surface area contributed by atoms with E-state index >= 15 is 0 Å². The topological polar surface area (TPSA) is 69.6 Å². The van der Waals surface area contributed by atoms with E-state index in [1.54, 1.807) is 0 Å². The van der Waals surface area contributed by atoms with Gasteiger partial charge in [0.2, 0.25) is 0 Å². The van der Waals surface area contributed by atoms with Crippen LogP contribution in [0.15, 0.2) is 0 Å². The number of hydrogen-bond donors (Lipinski definition) is 2. The number of ketones is 1. The van der Waals surface area contributed by atoms with Gasteiger partial charge in [-0.1, -0.05) is 0 Å². The fourth-order valence-electron chi connectivity index (χ4n) is 2.31. The smallest absolute Gasteiger partial charge is 0.407 e. The third-order valence-electron chi connectivity index (χ3n) is 3.21. The average molecular weight is 198 g/mol.